The van der Waals surface area contributed by atoms with Gasteiger partial charge < -0.3 is 20.1 Å². The molecule has 3 rings (SSSR count). The van der Waals surface area contributed by atoms with Crippen molar-refractivity contribution in [3.63, 3.8) is 0 Å². The maximum absolute atomic E-state index is 5.81. The molecule has 2 aromatic rings. The fourth-order valence-corrected chi connectivity index (χ4v) is 3.45. The van der Waals surface area contributed by atoms with Gasteiger partial charge in [0, 0.05) is 32.7 Å². The van der Waals surface area contributed by atoms with E-state index in [1.54, 1.807) is 7.11 Å². The van der Waals surface area contributed by atoms with Crippen LogP contribution in [-0.4, -0.2) is 51.3 Å². The first-order chi connectivity index (χ1) is 13.3. The summed E-state index contributed by atoms with van der Waals surface area (Å²) in [6.45, 7) is 6.76. The number of methoxy groups -OCH3 is 1. The van der Waals surface area contributed by atoms with E-state index in [9.17, 15) is 0 Å². The number of rotatable bonds is 9. The van der Waals surface area contributed by atoms with Gasteiger partial charge in [0.25, 0.3) is 0 Å². The lowest BCUT2D eigenvalue weighted by Crippen LogP contribution is -2.46. The zero-order valence-corrected chi connectivity index (χ0v) is 16.3. The second-order valence-corrected chi connectivity index (χ2v) is 6.90. The van der Waals surface area contributed by atoms with Gasteiger partial charge in [-0.25, -0.2) is 0 Å². The highest BCUT2D eigenvalue weighted by Gasteiger charge is 2.18. The van der Waals surface area contributed by atoms with Gasteiger partial charge >= 0.3 is 0 Å². The largest absolute Gasteiger partial charge is 0.495 e. The summed E-state index contributed by atoms with van der Waals surface area (Å²) in [5, 5.41) is 0. The van der Waals surface area contributed by atoms with Crippen molar-refractivity contribution in [1.82, 2.24) is 4.90 Å². The van der Waals surface area contributed by atoms with Crippen molar-refractivity contribution in [2.45, 2.75) is 19.4 Å². The third-order valence-corrected chi connectivity index (χ3v) is 5.09. The van der Waals surface area contributed by atoms with E-state index in [0.717, 1.165) is 69.2 Å². The van der Waals surface area contributed by atoms with E-state index >= 15 is 0 Å². The van der Waals surface area contributed by atoms with Crippen LogP contribution in [0.4, 0.5) is 5.69 Å². The zero-order chi connectivity index (χ0) is 18.9. The van der Waals surface area contributed by atoms with Gasteiger partial charge in [0.2, 0.25) is 0 Å². The lowest BCUT2D eigenvalue weighted by atomic mass is 10.2. The van der Waals surface area contributed by atoms with Crippen LogP contribution in [0.2, 0.25) is 0 Å². The molecule has 146 valence electrons. The number of unbranched alkanes of at least 4 members (excludes halogenated alkanes) is 1. The van der Waals surface area contributed by atoms with Gasteiger partial charge in [-0.05, 0) is 49.2 Å². The fourth-order valence-electron chi connectivity index (χ4n) is 3.45. The molecule has 1 aliphatic heterocycles. The van der Waals surface area contributed by atoms with E-state index in [1.165, 1.54) is 5.69 Å². The average Bonchev–Trinajstić information content (AvgIpc) is 2.74. The molecule has 2 aromatic carbocycles. The van der Waals surface area contributed by atoms with Crippen LogP contribution in [0.3, 0.4) is 0 Å². The van der Waals surface area contributed by atoms with Crippen LogP contribution in [-0.2, 0) is 6.54 Å². The molecule has 0 aromatic heterocycles. The summed E-state index contributed by atoms with van der Waals surface area (Å²) in [5.74, 6) is 1.89. The van der Waals surface area contributed by atoms with Gasteiger partial charge in [-0.1, -0.05) is 24.3 Å². The Morgan fingerprint density at radius 1 is 0.926 bits per heavy atom. The first-order valence-corrected chi connectivity index (χ1v) is 9.82. The van der Waals surface area contributed by atoms with E-state index in [2.05, 4.69) is 21.9 Å². The van der Waals surface area contributed by atoms with Crippen molar-refractivity contribution in [2.24, 2.45) is 5.73 Å². The number of para-hydroxylation sites is 2. The molecular formula is C22H31N3O2. The number of nitrogens with two attached hydrogens (primary N) is 1. The smallest absolute Gasteiger partial charge is 0.142 e. The minimum Gasteiger partial charge on any atom is -0.495 e. The van der Waals surface area contributed by atoms with Gasteiger partial charge in [-0.15, -0.1) is 0 Å². The van der Waals surface area contributed by atoms with Crippen LogP contribution in [0.25, 0.3) is 0 Å². The minimum atomic E-state index is 0.574. The van der Waals surface area contributed by atoms with Crippen LogP contribution in [0.15, 0.2) is 48.5 Å². The monoisotopic (exact) mass is 369 g/mol. The van der Waals surface area contributed by atoms with Crippen molar-refractivity contribution in [3.8, 4) is 11.5 Å². The summed E-state index contributed by atoms with van der Waals surface area (Å²) < 4.78 is 11.3. The number of benzene rings is 2. The molecule has 1 aliphatic rings. The lowest BCUT2D eigenvalue weighted by Gasteiger charge is -2.36. The van der Waals surface area contributed by atoms with E-state index < -0.39 is 0 Å². The Hall–Kier alpha value is -2.24. The molecule has 5 heteroatoms. The summed E-state index contributed by atoms with van der Waals surface area (Å²) >= 11 is 0. The Labute approximate surface area is 162 Å². The summed E-state index contributed by atoms with van der Waals surface area (Å²) in [7, 11) is 1.74. The predicted molar refractivity (Wildman–Crippen MR) is 111 cm³/mol. The van der Waals surface area contributed by atoms with Gasteiger partial charge in [-0.2, -0.15) is 0 Å². The Morgan fingerprint density at radius 3 is 2.37 bits per heavy atom. The van der Waals surface area contributed by atoms with Crippen LogP contribution < -0.4 is 20.1 Å². The molecule has 0 radical (unpaired) electrons. The molecule has 0 atom stereocenters. The molecule has 0 bridgehead atoms. The minimum absolute atomic E-state index is 0.574. The molecule has 1 heterocycles. The predicted octanol–water partition coefficient (Wildman–Crippen LogP) is 3.14. The Bertz CT molecular complexity index is 682. The van der Waals surface area contributed by atoms with Crippen LogP contribution in [0.1, 0.15) is 18.4 Å². The lowest BCUT2D eigenvalue weighted by molar-refractivity contribution is 0.238. The molecule has 5 nitrogen and oxygen atoms in total. The molecule has 0 unspecified atom stereocenters. The molecular weight excluding hydrogens is 338 g/mol. The SMILES string of the molecule is COc1ccccc1N1CCN(CCCCOc2ccc(CN)cc2)CC1. The Kier molecular flexibility index (Phi) is 7.36. The quantitative estimate of drug-likeness (QED) is 0.688. The highest BCUT2D eigenvalue weighted by atomic mass is 16.5. The topological polar surface area (TPSA) is 51.0 Å². The van der Waals surface area contributed by atoms with Crippen LogP contribution in [0, 0.1) is 0 Å². The maximum Gasteiger partial charge on any atom is 0.142 e. The summed E-state index contributed by atoms with van der Waals surface area (Å²) in [5.41, 5.74) is 7.95. The van der Waals surface area contributed by atoms with Gasteiger partial charge in [-0.3, -0.25) is 4.90 Å². The van der Waals surface area contributed by atoms with Gasteiger partial charge in [0.1, 0.15) is 11.5 Å². The van der Waals surface area contributed by atoms with E-state index in [-0.39, 0.29) is 0 Å². The number of piperazine rings is 1. The van der Waals surface area contributed by atoms with Crippen molar-refractivity contribution in [1.29, 1.82) is 0 Å². The second kappa shape index (κ2) is 10.2. The second-order valence-electron chi connectivity index (χ2n) is 6.90. The Morgan fingerprint density at radius 2 is 1.67 bits per heavy atom. The van der Waals surface area contributed by atoms with Crippen molar-refractivity contribution in [2.75, 3.05) is 51.3 Å². The molecule has 0 amide bonds. The third kappa shape index (κ3) is 5.62. The Balaban J connectivity index is 1.32. The van der Waals surface area contributed by atoms with Crippen LogP contribution in [0.5, 0.6) is 11.5 Å². The van der Waals surface area contributed by atoms with Crippen molar-refractivity contribution >= 4 is 5.69 Å². The van der Waals surface area contributed by atoms with Crippen molar-refractivity contribution < 1.29 is 9.47 Å². The highest BCUT2D eigenvalue weighted by Crippen LogP contribution is 2.28. The third-order valence-electron chi connectivity index (χ3n) is 5.09. The summed E-state index contributed by atoms with van der Waals surface area (Å²) in [6.07, 6.45) is 2.24. The van der Waals surface area contributed by atoms with Crippen molar-refractivity contribution in [3.05, 3.63) is 54.1 Å². The maximum atomic E-state index is 5.81. The molecule has 2 N–H and O–H groups in total. The fraction of sp³-hybridized carbons (Fsp3) is 0.455. The normalized spacial score (nSPS) is 15.0. The first-order valence-electron chi connectivity index (χ1n) is 9.82. The molecule has 0 aliphatic carbocycles. The summed E-state index contributed by atoms with van der Waals surface area (Å²) in [6, 6.07) is 16.3. The first kappa shape index (κ1) is 19.5. The average molecular weight is 370 g/mol. The van der Waals surface area contributed by atoms with Crippen LogP contribution >= 0.6 is 0 Å². The molecule has 27 heavy (non-hydrogen) atoms. The molecule has 0 saturated carbocycles. The number of anilines is 1. The van der Waals surface area contributed by atoms with E-state index in [4.69, 9.17) is 15.2 Å². The van der Waals surface area contributed by atoms with E-state index in [0.29, 0.717) is 6.54 Å². The number of hydrogen-bond donors (Lipinski definition) is 1. The molecule has 1 fully saturated rings. The number of nitrogens with zero attached hydrogens (tertiary/aromatic N) is 2. The molecule has 1 saturated heterocycles. The number of ether oxygens (including phenoxy) is 2. The number of hydrogen-bond acceptors (Lipinski definition) is 5. The van der Waals surface area contributed by atoms with E-state index in [1.807, 2.05) is 36.4 Å². The highest BCUT2D eigenvalue weighted by molar-refractivity contribution is 5.58. The summed E-state index contributed by atoms with van der Waals surface area (Å²) in [4.78, 5) is 4.96. The zero-order valence-electron chi connectivity index (χ0n) is 16.3. The standard InChI is InChI=1S/C22H31N3O2/c1-26-22-7-3-2-6-21(22)25-15-13-24(14-16-25)12-4-5-17-27-20-10-8-19(18-23)9-11-20/h2-3,6-11H,4-5,12-18,23H2,1H3. The molecule has 0 spiro atoms. The van der Waals surface area contributed by atoms with Gasteiger partial charge in [0.05, 0.1) is 19.4 Å². The van der Waals surface area contributed by atoms with Gasteiger partial charge in [0.15, 0.2) is 0 Å².